The molecule has 1 heterocycles. The van der Waals surface area contributed by atoms with Crippen molar-refractivity contribution in [1.29, 1.82) is 0 Å². The van der Waals surface area contributed by atoms with E-state index in [-0.39, 0.29) is 6.61 Å². The maximum atomic E-state index is 9.32. The zero-order valence-corrected chi connectivity index (χ0v) is 10.0. The summed E-state index contributed by atoms with van der Waals surface area (Å²) in [6.45, 7) is 4.03. The molecule has 0 bridgehead atoms. The van der Waals surface area contributed by atoms with Crippen LogP contribution in [0, 0.1) is 19.9 Å². The van der Waals surface area contributed by atoms with Crippen LogP contribution >= 0.6 is 11.6 Å². The van der Waals surface area contributed by atoms with Crippen LogP contribution < -0.4 is 0 Å². The molecule has 1 radical (unpaired) electrons. The fourth-order valence-corrected chi connectivity index (χ4v) is 2.09. The summed E-state index contributed by atoms with van der Waals surface area (Å²) in [4.78, 5) is 3.17. The third kappa shape index (κ3) is 1.86. The first-order valence-corrected chi connectivity index (χ1v) is 5.47. The minimum absolute atomic E-state index is 0.00688. The van der Waals surface area contributed by atoms with Crippen LogP contribution in [-0.4, -0.2) is 10.1 Å². The lowest BCUT2D eigenvalue weighted by Crippen LogP contribution is -1.91. The van der Waals surface area contributed by atoms with Crippen molar-refractivity contribution in [2.75, 3.05) is 0 Å². The molecule has 0 amide bonds. The van der Waals surface area contributed by atoms with Crippen LogP contribution in [-0.2, 0) is 6.61 Å². The Bertz CT molecular complexity index is 497. The highest BCUT2D eigenvalue weighted by Gasteiger charge is 2.11. The summed E-state index contributed by atoms with van der Waals surface area (Å²) in [6.07, 6.45) is 1.95. The van der Waals surface area contributed by atoms with Gasteiger partial charge in [-0.2, -0.15) is 0 Å². The van der Waals surface area contributed by atoms with Gasteiger partial charge in [-0.1, -0.05) is 11.6 Å². The number of benzene rings is 1. The Morgan fingerprint density at radius 3 is 2.75 bits per heavy atom. The minimum atomic E-state index is -0.00688. The van der Waals surface area contributed by atoms with E-state index in [4.69, 9.17) is 11.6 Å². The van der Waals surface area contributed by atoms with Crippen molar-refractivity contribution >= 4 is 11.6 Å². The lowest BCUT2D eigenvalue weighted by molar-refractivity contribution is 0.282. The number of halogens is 1. The Morgan fingerprint density at radius 2 is 2.19 bits per heavy atom. The second-order valence-electron chi connectivity index (χ2n) is 3.85. The molecule has 1 aromatic carbocycles. The third-order valence-corrected chi connectivity index (χ3v) is 2.93. The van der Waals surface area contributed by atoms with E-state index in [1.807, 2.05) is 26.1 Å². The molecular formula is C13H13ClNO. The van der Waals surface area contributed by atoms with Crippen LogP contribution in [0.15, 0.2) is 18.3 Å². The molecule has 2 aromatic rings. The zero-order chi connectivity index (χ0) is 11.7. The first-order valence-electron chi connectivity index (χ1n) is 5.09. The molecule has 0 aliphatic carbocycles. The molecule has 2 rings (SSSR count). The van der Waals surface area contributed by atoms with Gasteiger partial charge in [0.15, 0.2) is 0 Å². The maximum Gasteiger partial charge on any atom is 0.0688 e. The van der Waals surface area contributed by atoms with Gasteiger partial charge in [-0.05, 0) is 42.7 Å². The van der Waals surface area contributed by atoms with E-state index >= 15 is 0 Å². The Morgan fingerprint density at radius 1 is 1.44 bits per heavy atom. The number of aromatic amines is 1. The highest BCUT2D eigenvalue weighted by Crippen LogP contribution is 2.31. The van der Waals surface area contributed by atoms with E-state index in [0.29, 0.717) is 5.02 Å². The molecule has 0 aliphatic heterocycles. The summed E-state index contributed by atoms with van der Waals surface area (Å²) in [5.41, 5.74) is 5.15. The van der Waals surface area contributed by atoms with E-state index in [1.165, 1.54) is 0 Å². The minimum Gasteiger partial charge on any atom is -0.392 e. The van der Waals surface area contributed by atoms with Crippen molar-refractivity contribution in [2.45, 2.75) is 20.5 Å². The van der Waals surface area contributed by atoms with Gasteiger partial charge in [0.2, 0.25) is 0 Å². The van der Waals surface area contributed by atoms with Crippen molar-refractivity contribution in [2.24, 2.45) is 0 Å². The predicted molar refractivity (Wildman–Crippen MR) is 65.5 cm³/mol. The SMILES string of the molecule is Cc1c[nH]c(C)c1-c1cc(Cl)[c]cc1CO. The smallest absolute Gasteiger partial charge is 0.0688 e. The van der Waals surface area contributed by atoms with Crippen LogP contribution in [0.25, 0.3) is 11.1 Å². The van der Waals surface area contributed by atoms with Gasteiger partial charge in [-0.3, -0.25) is 0 Å². The predicted octanol–water partition coefficient (Wildman–Crippen LogP) is 3.24. The average molecular weight is 235 g/mol. The molecule has 0 saturated heterocycles. The van der Waals surface area contributed by atoms with E-state index < -0.39 is 0 Å². The number of aryl methyl sites for hydroxylation is 2. The first-order chi connectivity index (χ1) is 7.63. The normalized spacial score (nSPS) is 10.8. The van der Waals surface area contributed by atoms with Crippen LogP contribution in [0.3, 0.4) is 0 Å². The molecule has 0 spiro atoms. The number of aromatic nitrogens is 1. The van der Waals surface area contributed by atoms with Crippen molar-refractivity contribution in [3.63, 3.8) is 0 Å². The second kappa shape index (κ2) is 4.32. The first kappa shape index (κ1) is 11.2. The summed E-state index contributed by atoms with van der Waals surface area (Å²) in [7, 11) is 0. The number of hydrogen-bond donors (Lipinski definition) is 2. The van der Waals surface area contributed by atoms with Gasteiger partial charge in [0, 0.05) is 28.5 Å². The summed E-state index contributed by atoms with van der Waals surface area (Å²) >= 11 is 5.95. The van der Waals surface area contributed by atoms with Gasteiger partial charge < -0.3 is 10.1 Å². The van der Waals surface area contributed by atoms with Crippen LogP contribution in [0.2, 0.25) is 5.02 Å². The Balaban J connectivity index is 2.67. The molecule has 2 nitrogen and oxygen atoms in total. The lowest BCUT2D eigenvalue weighted by Gasteiger charge is -2.09. The molecule has 0 fully saturated rings. The fraction of sp³-hybridized carbons (Fsp3) is 0.231. The van der Waals surface area contributed by atoms with Gasteiger partial charge in [0.05, 0.1) is 6.61 Å². The van der Waals surface area contributed by atoms with E-state index in [2.05, 4.69) is 11.1 Å². The van der Waals surface area contributed by atoms with E-state index in [9.17, 15) is 5.11 Å². The molecule has 0 atom stereocenters. The standard InChI is InChI=1S/C13H13ClNO/c1-8-6-15-9(2)13(8)12-5-11(14)4-3-10(12)7-16/h3,5-6,15-16H,7H2,1-2H3. The molecule has 0 unspecified atom stereocenters. The van der Waals surface area contributed by atoms with Crippen molar-refractivity contribution < 1.29 is 5.11 Å². The van der Waals surface area contributed by atoms with Gasteiger partial charge in [-0.25, -0.2) is 0 Å². The molecule has 2 N–H and O–H groups in total. The van der Waals surface area contributed by atoms with Crippen molar-refractivity contribution in [1.82, 2.24) is 4.98 Å². The number of nitrogens with one attached hydrogen (secondary N) is 1. The highest BCUT2D eigenvalue weighted by molar-refractivity contribution is 6.30. The van der Waals surface area contributed by atoms with Gasteiger partial charge in [-0.15, -0.1) is 0 Å². The van der Waals surface area contributed by atoms with Crippen LogP contribution in [0.5, 0.6) is 0 Å². The zero-order valence-electron chi connectivity index (χ0n) is 9.26. The number of aliphatic hydroxyl groups is 1. The topological polar surface area (TPSA) is 36.0 Å². The number of rotatable bonds is 2. The molecular weight excluding hydrogens is 222 g/mol. The maximum absolute atomic E-state index is 9.32. The quantitative estimate of drug-likeness (QED) is 0.822. The lowest BCUT2D eigenvalue weighted by atomic mass is 9.97. The van der Waals surface area contributed by atoms with Crippen LogP contribution in [0.4, 0.5) is 0 Å². The fourth-order valence-electron chi connectivity index (χ4n) is 1.93. The van der Waals surface area contributed by atoms with Crippen molar-refractivity contribution in [3.8, 4) is 11.1 Å². The second-order valence-corrected chi connectivity index (χ2v) is 4.26. The van der Waals surface area contributed by atoms with Crippen LogP contribution in [0.1, 0.15) is 16.8 Å². The molecule has 3 heteroatoms. The molecule has 16 heavy (non-hydrogen) atoms. The number of aliphatic hydroxyl groups excluding tert-OH is 1. The summed E-state index contributed by atoms with van der Waals surface area (Å²) in [5, 5.41) is 9.88. The monoisotopic (exact) mass is 234 g/mol. The average Bonchev–Trinajstić information content (AvgIpc) is 2.58. The Labute approximate surface area is 99.9 Å². The number of hydrogen-bond acceptors (Lipinski definition) is 1. The van der Waals surface area contributed by atoms with Gasteiger partial charge in [0.1, 0.15) is 0 Å². The van der Waals surface area contributed by atoms with Gasteiger partial charge >= 0.3 is 0 Å². The Kier molecular flexibility index (Phi) is 3.03. The molecule has 83 valence electrons. The van der Waals surface area contributed by atoms with E-state index in [1.54, 1.807) is 6.07 Å². The molecule has 0 saturated carbocycles. The molecule has 1 aromatic heterocycles. The third-order valence-electron chi connectivity index (χ3n) is 2.72. The van der Waals surface area contributed by atoms with E-state index in [0.717, 1.165) is 27.9 Å². The van der Waals surface area contributed by atoms with Gasteiger partial charge in [0.25, 0.3) is 0 Å². The summed E-state index contributed by atoms with van der Waals surface area (Å²) < 4.78 is 0. The molecule has 0 aliphatic rings. The number of H-pyrrole nitrogens is 1. The highest BCUT2D eigenvalue weighted by atomic mass is 35.5. The van der Waals surface area contributed by atoms with Crippen molar-refractivity contribution in [3.05, 3.63) is 46.2 Å². The summed E-state index contributed by atoms with van der Waals surface area (Å²) in [5.74, 6) is 0. The Hall–Kier alpha value is -1.25. The summed E-state index contributed by atoms with van der Waals surface area (Å²) in [6, 6.07) is 6.47. The largest absolute Gasteiger partial charge is 0.392 e.